The van der Waals surface area contributed by atoms with Crippen LogP contribution in [0, 0.1) is 11.8 Å². The Labute approximate surface area is 219 Å². The van der Waals surface area contributed by atoms with Gasteiger partial charge in [0.05, 0.1) is 0 Å². The fourth-order valence-electron chi connectivity index (χ4n) is 3.87. The molecular formula is C32H23AuP. The van der Waals surface area contributed by atoms with Gasteiger partial charge in [0.15, 0.2) is 0 Å². The minimum Gasteiger partial charge on any atom is -0.0622 e. The molecule has 0 atom stereocenters. The van der Waals surface area contributed by atoms with Crippen molar-refractivity contribution >= 4 is 23.8 Å². The van der Waals surface area contributed by atoms with E-state index in [1.165, 1.54) is 27.0 Å². The Hall–Kier alpha value is -3.17. The van der Waals surface area contributed by atoms with E-state index >= 15 is 0 Å². The Morgan fingerprint density at radius 3 is 1.47 bits per heavy atom. The van der Waals surface area contributed by atoms with E-state index in [-0.39, 0.29) is 22.4 Å². The van der Waals surface area contributed by atoms with Crippen LogP contribution in [0.15, 0.2) is 140 Å². The molecule has 0 heterocycles. The van der Waals surface area contributed by atoms with E-state index in [9.17, 15) is 0 Å². The van der Waals surface area contributed by atoms with Gasteiger partial charge in [-0.1, -0.05) is 133 Å². The van der Waals surface area contributed by atoms with Crippen LogP contribution in [-0.2, 0) is 22.4 Å². The van der Waals surface area contributed by atoms with Crippen LogP contribution in [0.1, 0.15) is 11.1 Å². The minimum atomic E-state index is -0.685. The average Bonchev–Trinajstić information content (AvgIpc) is 2.90. The van der Waals surface area contributed by atoms with Gasteiger partial charge in [-0.2, -0.15) is 0 Å². The molecule has 0 aliphatic heterocycles. The monoisotopic (exact) mass is 635 g/mol. The SMILES string of the molecule is C(#Cc1ccccc1P(c1ccccc1)c1ccccc1)c1ccc(-c2ccccc2)cc1.[Au]. The summed E-state index contributed by atoms with van der Waals surface area (Å²) in [6, 6.07) is 49.1. The van der Waals surface area contributed by atoms with E-state index in [0.717, 1.165) is 11.1 Å². The van der Waals surface area contributed by atoms with Crippen LogP contribution in [0.4, 0.5) is 0 Å². The van der Waals surface area contributed by atoms with E-state index in [2.05, 4.69) is 145 Å². The molecule has 0 aliphatic carbocycles. The Bertz CT molecular complexity index is 1340. The third-order valence-electron chi connectivity index (χ3n) is 5.51. The van der Waals surface area contributed by atoms with Crippen LogP contribution < -0.4 is 15.9 Å². The van der Waals surface area contributed by atoms with Crippen LogP contribution in [0.2, 0.25) is 0 Å². The summed E-state index contributed by atoms with van der Waals surface area (Å²) in [5.41, 5.74) is 4.54. The van der Waals surface area contributed by atoms with Gasteiger partial charge in [-0.25, -0.2) is 0 Å². The van der Waals surface area contributed by atoms with Crippen molar-refractivity contribution in [1.82, 2.24) is 0 Å². The van der Waals surface area contributed by atoms with E-state index in [1.807, 2.05) is 6.07 Å². The summed E-state index contributed by atoms with van der Waals surface area (Å²) in [6.45, 7) is 0. The van der Waals surface area contributed by atoms with Crippen molar-refractivity contribution in [3.05, 3.63) is 151 Å². The minimum absolute atomic E-state index is 0. The molecule has 0 saturated carbocycles. The molecule has 0 N–H and O–H groups in total. The first-order valence-electron chi connectivity index (χ1n) is 11.1. The van der Waals surface area contributed by atoms with Gasteiger partial charge in [0.25, 0.3) is 0 Å². The summed E-state index contributed by atoms with van der Waals surface area (Å²) in [4.78, 5) is 0. The smallest absolute Gasteiger partial charge is 0.0332 e. The average molecular weight is 635 g/mol. The van der Waals surface area contributed by atoms with Gasteiger partial charge in [0, 0.05) is 38.8 Å². The van der Waals surface area contributed by atoms with Crippen LogP contribution in [-0.4, -0.2) is 0 Å². The summed E-state index contributed by atoms with van der Waals surface area (Å²) in [5, 5.41) is 3.96. The molecule has 5 aromatic carbocycles. The van der Waals surface area contributed by atoms with Crippen molar-refractivity contribution in [2.45, 2.75) is 0 Å². The molecule has 1 radical (unpaired) electrons. The van der Waals surface area contributed by atoms with Gasteiger partial charge in [-0.15, -0.1) is 0 Å². The topological polar surface area (TPSA) is 0 Å². The zero-order valence-corrected chi connectivity index (χ0v) is 21.6. The van der Waals surface area contributed by atoms with E-state index in [0.29, 0.717) is 0 Å². The first-order chi connectivity index (χ1) is 16.4. The predicted molar refractivity (Wildman–Crippen MR) is 143 cm³/mol. The van der Waals surface area contributed by atoms with E-state index in [1.54, 1.807) is 0 Å². The second-order valence-electron chi connectivity index (χ2n) is 7.72. The van der Waals surface area contributed by atoms with E-state index in [4.69, 9.17) is 0 Å². The van der Waals surface area contributed by atoms with Gasteiger partial charge in [0.1, 0.15) is 0 Å². The zero-order valence-electron chi connectivity index (χ0n) is 18.5. The summed E-state index contributed by atoms with van der Waals surface area (Å²) >= 11 is 0. The van der Waals surface area contributed by atoms with Crippen molar-refractivity contribution in [1.29, 1.82) is 0 Å². The molecule has 0 bridgehead atoms. The molecule has 0 aliphatic rings. The van der Waals surface area contributed by atoms with Crippen LogP contribution in [0.3, 0.4) is 0 Å². The molecule has 0 amide bonds. The van der Waals surface area contributed by atoms with Crippen molar-refractivity contribution < 1.29 is 22.4 Å². The molecule has 5 rings (SSSR count). The second-order valence-corrected chi connectivity index (χ2v) is 9.90. The van der Waals surface area contributed by atoms with Crippen LogP contribution in [0.5, 0.6) is 0 Å². The Morgan fingerprint density at radius 1 is 0.412 bits per heavy atom. The molecule has 34 heavy (non-hydrogen) atoms. The third kappa shape index (κ3) is 5.66. The number of benzene rings is 5. The first-order valence-corrected chi connectivity index (χ1v) is 12.4. The quantitative estimate of drug-likeness (QED) is 0.120. The maximum atomic E-state index is 3.47. The molecule has 167 valence electrons. The Balaban J connectivity index is 0.00000274. The van der Waals surface area contributed by atoms with Gasteiger partial charge in [-0.3, -0.25) is 0 Å². The summed E-state index contributed by atoms with van der Waals surface area (Å²) < 4.78 is 0. The number of hydrogen-bond acceptors (Lipinski definition) is 0. The standard InChI is InChI=1S/C32H23P.Au/c1-4-12-27(13-5-1)28-23-20-26(21-24-28)22-25-29-14-10-11-19-32(29)33(30-15-6-2-7-16-30)31-17-8-3-9-18-31;/h1-21,23-24H;. The maximum absolute atomic E-state index is 3.47. The van der Waals surface area contributed by atoms with Crippen molar-refractivity contribution in [3.63, 3.8) is 0 Å². The van der Waals surface area contributed by atoms with Crippen LogP contribution in [0.25, 0.3) is 11.1 Å². The maximum Gasteiger partial charge on any atom is 0.0332 e. The third-order valence-corrected chi connectivity index (χ3v) is 8.01. The van der Waals surface area contributed by atoms with Crippen molar-refractivity contribution in [2.75, 3.05) is 0 Å². The van der Waals surface area contributed by atoms with Gasteiger partial charge in [0.2, 0.25) is 0 Å². The molecule has 0 unspecified atom stereocenters. The summed E-state index contributed by atoms with van der Waals surface area (Å²) in [5.74, 6) is 6.87. The molecule has 0 nitrogen and oxygen atoms in total. The number of rotatable bonds is 4. The fraction of sp³-hybridized carbons (Fsp3) is 0. The fourth-order valence-corrected chi connectivity index (χ4v) is 6.27. The van der Waals surface area contributed by atoms with Crippen LogP contribution >= 0.6 is 7.92 Å². The second kappa shape index (κ2) is 11.8. The molecule has 0 saturated heterocycles. The Kier molecular flexibility index (Phi) is 8.32. The number of hydrogen-bond donors (Lipinski definition) is 0. The molecule has 0 fully saturated rings. The molecule has 2 heteroatoms. The molecule has 5 aromatic rings. The zero-order chi connectivity index (χ0) is 22.3. The predicted octanol–water partition coefficient (Wildman–Crippen LogP) is 6.51. The molecule has 0 aromatic heterocycles. The van der Waals surface area contributed by atoms with Gasteiger partial charge in [-0.05, 0) is 47.9 Å². The molecular weight excluding hydrogens is 612 g/mol. The normalized spacial score (nSPS) is 10.1. The summed E-state index contributed by atoms with van der Waals surface area (Å²) in [7, 11) is -0.685. The van der Waals surface area contributed by atoms with Crippen molar-refractivity contribution in [2.24, 2.45) is 0 Å². The van der Waals surface area contributed by atoms with Gasteiger partial charge >= 0.3 is 0 Å². The van der Waals surface area contributed by atoms with Crippen molar-refractivity contribution in [3.8, 4) is 23.0 Å². The van der Waals surface area contributed by atoms with Gasteiger partial charge < -0.3 is 0 Å². The largest absolute Gasteiger partial charge is 0.0622 e. The summed E-state index contributed by atoms with van der Waals surface area (Å²) in [6.07, 6.45) is 0. The Morgan fingerprint density at radius 2 is 0.882 bits per heavy atom. The molecule has 0 spiro atoms. The van der Waals surface area contributed by atoms with E-state index < -0.39 is 7.92 Å². The first kappa shape index (κ1) is 24.0.